The van der Waals surface area contributed by atoms with Crippen molar-refractivity contribution in [3.63, 3.8) is 0 Å². The number of furan rings is 1. The Morgan fingerprint density at radius 3 is 2.56 bits per heavy atom. The van der Waals surface area contributed by atoms with Gasteiger partial charge in [0.1, 0.15) is 17.2 Å². The molecule has 2 amide bonds. The monoisotopic (exact) mass is 372 g/mol. The summed E-state index contributed by atoms with van der Waals surface area (Å²) in [7, 11) is 0. The predicted octanol–water partition coefficient (Wildman–Crippen LogP) is 2.19. The molecule has 0 aliphatic carbocycles. The van der Waals surface area contributed by atoms with Crippen molar-refractivity contribution in [1.82, 2.24) is 10.6 Å². The first-order chi connectivity index (χ1) is 13.0. The number of aliphatic hydroxyl groups is 1. The Balaban J connectivity index is 2.09. The average molecular weight is 372 g/mol. The highest BCUT2D eigenvalue weighted by atomic mass is 16.5. The van der Waals surface area contributed by atoms with Crippen LogP contribution in [0.4, 0.5) is 0 Å². The van der Waals surface area contributed by atoms with Crippen molar-refractivity contribution in [3.8, 4) is 5.75 Å². The number of carbonyl (C=O) groups excluding carboxylic acids is 2. The smallest absolute Gasteiger partial charge is 0.268 e. The summed E-state index contributed by atoms with van der Waals surface area (Å²) in [5.41, 5.74) is 0.399. The third kappa shape index (κ3) is 6.63. The Hall–Kier alpha value is -3.06. The maximum Gasteiger partial charge on any atom is 0.268 e. The molecule has 0 aliphatic heterocycles. The molecule has 144 valence electrons. The molecule has 0 fully saturated rings. The van der Waals surface area contributed by atoms with E-state index < -0.39 is 11.8 Å². The zero-order chi connectivity index (χ0) is 19.6. The van der Waals surface area contributed by atoms with Crippen LogP contribution in [0.3, 0.4) is 0 Å². The summed E-state index contributed by atoms with van der Waals surface area (Å²) < 4.78 is 10.8. The van der Waals surface area contributed by atoms with E-state index in [0.717, 1.165) is 0 Å². The lowest BCUT2D eigenvalue weighted by atomic mass is 10.2. The number of benzene rings is 1. The number of hydrogen-bond donors (Lipinski definition) is 3. The summed E-state index contributed by atoms with van der Waals surface area (Å²) in [5, 5.41) is 13.9. The van der Waals surface area contributed by atoms with E-state index in [-0.39, 0.29) is 18.8 Å². The molecule has 2 aromatic rings. The topological polar surface area (TPSA) is 101 Å². The summed E-state index contributed by atoms with van der Waals surface area (Å²) in [6.07, 6.45) is 2.89. The second kappa shape index (κ2) is 10.2. The van der Waals surface area contributed by atoms with E-state index in [4.69, 9.17) is 14.3 Å². The molecule has 0 atom stereocenters. The molecule has 2 rings (SSSR count). The zero-order valence-electron chi connectivity index (χ0n) is 15.4. The van der Waals surface area contributed by atoms with E-state index in [1.807, 2.05) is 0 Å². The third-order valence-electron chi connectivity index (χ3n) is 3.42. The summed E-state index contributed by atoms with van der Waals surface area (Å²) in [6, 6.07) is 10.00. The first-order valence-electron chi connectivity index (χ1n) is 8.68. The van der Waals surface area contributed by atoms with E-state index in [0.29, 0.717) is 29.6 Å². The van der Waals surface area contributed by atoms with Gasteiger partial charge in [-0.15, -0.1) is 0 Å². The van der Waals surface area contributed by atoms with Crippen LogP contribution in [0.5, 0.6) is 5.75 Å². The molecule has 1 heterocycles. The van der Waals surface area contributed by atoms with Gasteiger partial charge in [0.2, 0.25) is 0 Å². The maximum atomic E-state index is 12.5. The zero-order valence-corrected chi connectivity index (χ0v) is 15.4. The Labute approximate surface area is 158 Å². The third-order valence-corrected chi connectivity index (χ3v) is 3.42. The van der Waals surface area contributed by atoms with Crippen molar-refractivity contribution < 1.29 is 23.8 Å². The Bertz CT molecular complexity index is 764. The van der Waals surface area contributed by atoms with Gasteiger partial charge in [0, 0.05) is 18.2 Å². The van der Waals surface area contributed by atoms with Gasteiger partial charge in [-0.2, -0.15) is 0 Å². The normalized spacial score (nSPS) is 11.3. The van der Waals surface area contributed by atoms with Gasteiger partial charge in [0.25, 0.3) is 11.8 Å². The van der Waals surface area contributed by atoms with E-state index >= 15 is 0 Å². The molecule has 3 N–H and O–H groups in total. The molecule has 0 radical (unpaired) electrons. The standard InChI is InChI=1S/C20H24N2O5/c1-14(2)13-27-16-7-5-15(6-8-16)19(24)22-18(20(25)21-9-10-23)12-17-4-3-11-26-17/h3-8,11-12,14,23H,9-10,13H2,1-2H3,(H,21,25)(H,22,24). The first-order valence-corrected chi connectivity index (χ1v) is 8.68. The Kier molecular flexibility index (Phi) is 7.63. The number of aliphatic hydroxyl groups excluding tert-OH is 1. The van der Waals surface area contributed by atoms with Crippen molar-refractivity contribution >= 4 is 17.9 Å². The molecule has 0 unspecified atom stereocenters. The minimum absolute atomic E-state index is 0.0172. The fourth-order valence-electron chi connectivity index (χ4n) is 2.10. The molecule has 0 aliphatic rings. The first kappa shape index (κ1) is 20.3. The lowest BCUT2D eigenvalue weighted by Gasteiger charge is -2.11. The van der Waals surface area contributed by atoms with Crippen LogP contribution in [0, 0.1) is 5.92 Å². The van der Waals surface area contributed by atoms with Gasteiger partial charge in [-0.05, 0) is 42.3 Å². The average Bonchev–Trinajstić information content (AvgIpc) is 3.17. The van der Waals surface area contributed by atoms with Crippen molar-refractivity contribution in [2.75, 3.05) is 19.8 Å². The number of ether oxygens (including phenoxy) is 1. The van der Waals surface area contributed by atoms with Gasteiger partial charge < -0.3 is 24.9 Å². The van der Waals surface area contributed by atoms with Crippen LogP contribution in [0.15, 0.2) is 52.8 Å². The Morgan fingerprint density at radius 1 is 1.22 bits per heavy atom. The van der Waals surface area contributed by atoms with E-state index in [1.54, 1.807) is 36.4 Å². The number of nitrogens with one attached hydrogen (secondary N) is 2. The predicted molar refractivity (Wildman–Crippen MR) is 101 cm³/mol. The fourth-order valence-corrected chi connectivity index (χ4v) is 2.10. The largest absolute Gasteiger partial charge is 0.493 e. The Morgan fingerprint density at radius 2 is 1.96 bits per heavy atom. The molecule has 0 spiro atoms. The number of hydrogen-bond acceptors (Lipinski definition) is 5. The van der Waals surface area contributed by atoms with Crippen LogP contribution in [-0.2, 0) is 4.79 Å². The molecule has 1 aromatic carbocycles. The van der Waals surface area contributed by atoms with E-state index in [2.05, 4.69) is 24.5 Å². The molecular weight excluding hydrogens is 348 g/mol. The molecule has 0 bridgehead atoms. The number of carbonyl (C=O) groups is 2. The highest BCUT2D eigenvalue weighted by Gasteiger charge is 2.15. The van der Waals surface area contributed by atoms with Crippen LogP contribution in [-0.4, -0.2) is 36.7 Å². The summed E-state index contributed by atoms with van der Waals surface area (Å²) in [5.74, 6) is 0.530. The van der Waals surface area contributed by atoms with Gasteiger partial charge in [0.15, 0.2) is 0 Å². The summed E-state index contributed by atoms with van der Waals surface area (Å²) in [4.78, 5) is 24.7. The van der Waals surface area contributed by atoms with Crippen LogP contribution in [0.2, 0.25) is 0 Å². The van der Waals surface area contributed by atoms with Crippen LogP contribution in [0.1, 0.15) is 30.0 Å². The highest BCUT2D eigenvalue weighted by molar-refractivity contribution is 6.05. The minimum atomic E-state index is -0.523. The van der Waals surface area contributed by atoms with E-state index in [1.165, 1.54) is 12.3 Å². The van der Waals surface area contributed by atoms with Crippen molar-refractivity contribution in [3.05, 3.63) is 59.7 Å². The molecular formula is C20H24N2O5. The summed E-state index contributed by atoms with van der Waals surface area (Å²) >= 11 is 0. The molecule has 7 nitrogen and oxygen atoms in total. The quantitative estimate of drug-likeness (QED) is 0.586. The lowest BCUT2D eigenvalue weighted by Crippen LogP contribution is -2.36. The summed E-state index contributed by atoms with van der Waals surface area (Å²) in [6.45, 7) is 4.57. The van der Waals surface area contributed by atoms with Gasteiger partial charge in [-0.3, -0.25) is 9.59 Å². The van der Waals surface area contributed by atoms with E-state index in [9.17, 15) is 9.59 Å². The van der Waals surface area contributed by atoms with Crippen molar-refractivity contribution in [1.29, 1.82) is 0 Å². The lowest BCUT2D eigenvalue weighted by molar-refractivity contribution is -0.117. The van der Waals surface area contributed by atoms with Crippen molar-refractivity contribution in [2.45, 2.75) is 13.8 Å². The SMILES string of the molecule is CC(C)COc1ccc(C(=O)NC(=Cc2ccco2)C(=O)NCCO)cc1. The van der Waals surface area contributed by atoms with Gasteiger partial charge in [-0.25, -0.2) is 0 Å². The maximum absolute atomic E-state index is 12.5. The number of rotatable bonds is 9. The van der Waals surface area contributed by atoms with Gasteiger partial charge in [-0.1, -0.05) is 13.8 Å². The molecule has 7 heteroatoms. The minimum Gasteiger partial charge on any atom is -0.493 e. The second-order valence-corrected chi connectivity index (χ2v) is 6.24. The van der Waals surface area contributed by atoms with Crippen LogP contribution < -0.4 is 15.4 Å². The van der Waals surface area contributed by atoms with Crippen LogP contribution in [0.25, 0.3) is 6.08 Å². The second-order valence-electron chi connectivity index (χ2n) is 6.24. The van der Waals surface area contributed by atoms with Crippen LogP contribution >= 0.6 is 0 Å². The molecule has 1 aromatic heterocycles. The van der Waals surface area contributed by atoms with Crippen molar-refractivity contribution in [2.24, 2.45) is 5.92 Å². The number of amides is 2. The molecule has 27 heavy (non-hydrogen) atoms. The molecule has 0 saturated heterocycles. The van der Waals surface area contributed by atoms with Gasteiger partial charge >= 0.3 is 0 Å². The van der Waals surface area contributed by atoms with Gasteiger partial charge in [0.05, 0.1) is 19.5 Å². The molecule has 0 saturated carbocycles. The fraction of sp³-hybridized carbons (Fsp3) is 0.300. The highest BCUT2D eigenvalue weighted by Crippen LogP contribution is 2.14.